The van der Waals surface area contributed by atoms with E-state index in [1.54, 1.807) is 6.92 Å². The third-order valence-corrected chi connectivity index (χ3v) is 4.17. The standard InChI is InChI=1S/C16H16F2IN3O3/c1-9-13(21(3)15(24)22(4)14(9)23)20-10(2)25-12-7-5-6-11(8-12)16(17,18)19/h5-8H,1-4H3/b20-10+. The van der Waals surface area contributed by atoms with Crippen LogP contribution in [0.25, 0.3) is 0 Å². The van der Waals surface area contributed by atoms with Gasteiger partial charge < -0.3 is 4.74 Å². The highest BCUT2D eigenvalue weighted by molar-refractivity contribution is 14.1. The first-order valence-electron chi connectivity index (χ1n) is 7.19. The molecule has 0 radical (unpaired) electrons. The van der Waals surface area contributed by atoms with E-state index in [4.69, 9.17) is 4.74 Å². The molecule has 0 bridgehead atoms. The van der Waals surface area contributed by atoms with Crippen LogP contribution in [0.15, 0.2) is 38.8 Å². The van der Waals surface area contributed by atoms with Crippen LogP contribution in [-0.4, -0.2) is 15.0 Å². The predicted molar refractivity (Wildman–Crippen MR) is 99.4 cm³/mol. The maximum absolute atomic E-state index is 13.4. The number of aliphatic imine (C=N–C) groups is 1. The Hall–Kier alpha value is -2.04. The molecule has 25 heavy (non-hydrogen) atoms. The topological polar surface area (TPSA) is 65.6 Å². The number of hydrogen-bond donors (Lipinski definition) is 0. The quantitative estimate of drug-likeness (QED) is 0.304. The molecule has 0 spiro atoms. The van der Waals surface area contributed by atoms with Gasteiger partial charge in [0.25, 0.3) is 5.56 Å². The van der Waals surface area contributed by atoms with Gasteiger partial charge in [-0.15, -0.1) is 0 Å². The van der Waals surface area contributed by atoms with Gasteiger partial charge >= 0.3 is 9.62 Å². The van der Waals surface area contributed by atoms with E-state index in [0.29, 0.717) is 0 Å². The third-order valence-electron chi connectivity index (χ3n) is 3.54. The summed E-state index contributed by atoms with van der Waals surface area (Å²) in [6, 6.07) is 5.46. The van der Waals surface area contributed by atoms with Crippen molar-refractivity contribution in [2.24, 2.45) is 19.1 Å². The summed E-state index contributed by atoms with van der Waals surface area (Å²) in [6.07, 6.45) is 0. The summed E-state index contributed by atoms with van der Waals surface area (Å²) >= 11 is 1.04. The van der Waals surface area contributed by atoms with E-state index in [2.05, 4.69) is 4.99 Å². The molecule has 0 aliphatic carbocycles. The zero-order valence-corrected chi connectivity index (χ0v) is 16.2. The molecule has 0 N–H and O–H groups in total. The molecule has 0 aliphatic heterocycles. The lowest BCUT2D eigenvalue weighted by Gasteiger charge is -2.12. The fourth-order valence-electron chi connectivity index (χ4n) is 2.24. The Morgan fingerprint density at radius 1 is 1.24 bits per heavy atom. The average Bonchev–Trinajstić information content (AvgIpc) is 2.54. The van der Waals surface area contributed by atoms with Crippen molar-refractivity contribution in [1.29, 1.82) is 0 Å². The summed E-state index contributed by atoms with van der Waals surface area (Å²) < 4.78 is 31.4. The molecule has 1 heterocycles. The van der Waals surface area contributed by atoms with Gasteiger partial charge in [0.1, 0.15) is 11.6 Å². The van der Waals surface area contributed by atoms with E-state index in [1.165, 1.54) is 49.9 Å². The highest BCUT2D eigenvalue weighted by atomic mass is 127. The van der Waals surface area contributed by atoms with Crippen LogP contribution >= 0.6 is 22.6 Å². The van der Waals surface area contributed by atoms with Crippen LogP contribution in [0, 0.1) is 6.92 Å². The second-order valence-corrected chi connectivity index (χ2v) is 6.77. The summed E-state index contributed by atoms with van der Waals surface area (Å²) in [5.74, 6) is 0.447. The van der Waals surface area contributed by atoms with Gasteiger partial charge in [0.05, 0.1) is 5.56 Å². The minimum absolute atomic E-state index is 0.111. The molecular formula is C16H16F2IN3O3. The molecule has 0 atom stereocenters. The number of nitrogens with zero attached hydrogens (tertiary/aromatic N) is 3. The summed E-state index contributed by atoms with van der Waals surface area (Å²) in [6.45, 7) is 3.06. The normalized spacial score (nSPS) is 12.4. The van der Waals surface area contributed by atoms with Crippen molar-refractivity contribution in [1.82, 2.24) is 9.13 Å². The molecule has 0 saturated carbocycles. The second-order valence-electron chi connectivity index (χ2n) is 5.41. The SMILES string of the molecule is C/C(=N\c1c(C)c(=O)n(C)c(=O)n1C)Oc1cccc(C(F)(F)I)c1. The smallest absolute Gasteiger partial charge is 0.332 e. The van der Waals surface area contributed by atoms with Crippen molar-refractivity contribution < 1.29 is 13.5 Å². The first-order valence-corrected chi connectivity index (χ1v) is 8.27. The number of benzene rings is 1. The molecule has 2 aromatic rings. The van der Waals surface area contributed by atoms with Crippen LogP contribution in [0.4, 0.5) is 14.6 Å². The Kier molecular flexibility index (Phi) is 5.45. The largest absolute Gasteiger partial charge is 0.443 e. The first kappa shape index (κ1) is 19.3. The van der Waals surface area contributed by atoms with Crippen LogP contribution in [0.5, 0.6) is 5.75 Å². The Morgan fingerprint density at radius 3 is 2.48 bits per heavy atom. The predicted octanol–water partition coefficient (Wildman–Crippen LogP) is 3.01. The molecule has 0 amide bonds. The maximum atomic E-state index is 13.4. The first-order chi connectivity index (χ1) is 11.5. The van der Waals surface area contributed by atoms with Crippen molar-refractivity contribution in [3.8, 4) is 5.75 Å². The number of aromatic nitrogens is 2. The highest BCUT2D eigenvalue weighted by Crippen LogP contribution is 2.36. The third kappa shape index (κ3) is 4.14. The number of ether oxygens (including phenoxy) is 1. The molecule has 9 heteroatoms. The van der Waals surface area contributed by atoms with Gasteiger partial charge in [-0.25, -0.2) is 4.79 Å². The molecule has 1 aromatic carbocycles. The highest BCUT2D eigenvalue weighted by Gasteiger charge is 2.27. The van der Waals surface area contributed by atoms with E-state index in [0.717, 1.165) is 27.2 Å². The van der Waals surface area contributed by atoms with E-state index < -0.39 is 15.2 Å². The van der Waals surface area contributed by atoms with E-state index in [1.807, 2.05) is 0 Å². The molecule has 2 rings (SSSR count). The monoisotopic (exact) mass is 463 g/mol. The van der Waals surface area contributed by atoms with Gasteiger partial charge in [0.15, 0.2) is 5.90 Å². The number of alkyl halides is 3. The fourth-order valence-corrected chi connectivity index (χ4v) is 2.57. The summed E-state index contributed by atoms with van der Waals surface area (Å²) in [4.78, 5) is 28.2. The van der Waals surface area contributed by atoms with Crippen molar-refractivity contribution in [3.05, 3.63) is 56.2 Å². The Balaban J connectivity index is 2.42. The zero-order valence-electron chi connectivity index (χ0n) is 14.0. The van der Waals surface area contributed by atoms with E-state index >= 15 is 0 Å². The van der Waals surface area contributed by atoms with Crippen molar-refractivity contribution in [2.75, 3.05) is 0 Å². The molecule has 0 fully saturated rings. The Bertz CT molecular complexity index is 921. The van der Waals surface area contributed by atoms with E-state index in [-0.39, 0.29) is 28.6 Å². The van der Waals surface area contributed by atoms with Gasteiger partial charge in [-0.3, -0.25) is 13.9 Å². The summed E-state index contributed by atoms with van der Waals surface area (Å²) in [7, 11) is 2.86. The van der Waals surface area contributed by atoms with Crippen LogP contribution in [0.1, 0.15) is 18.1 Å². The zero-order chi connectivity index (χ0) is 18.9. The number of halogens is 3. The lowest BCUT2D eigenvalue weighted by molar-refractivity contribution is 0.127. The van der Waals surface area contributed by atoms with Crippen LogP contribution in [-0.2, 0) is 18.0 Å². The molecule has 134 valence electrons. The summed E-state index contributed by atoms with van der Waals surface area (Å²) in [5.41, 5.74) is -0.898. The molecule has 0 unspecified atom stereocenters. The fraction of sp³-hybridized carbons (Fsp3) is 0.312. The molecule has 0 aliphatic rings. The van der Waals surface area contributed by atoms with Gasteiger partial charge in [0, 0.05) is 49.2 Å². The molecule has 6 nitrogen and oxygen atoms in total. The second kappa shape index (κ2) is 7.06. The van der Waals surface area contributed by atoms with Crippen LogP contribution < -0.4 is 16.0 Å². The minimum Gasteiger partial charge on any atom is -0.443 e. The lowest BCUT2D eigenvalue weighted by Crippen LogP contribution is -2.38. The lowest BCUT2D eigenvalue weighted by atomic mass is 10.2. The van der Waals surface area contributed by atoms with Crippen molar-refractivity contribution in [2.45, 2.75) is 17.8 Å². The van der Waals surface area contributed by atoms with Crippen molar-refractivity contribution in [3.63, 3.8) is 0 Å². The molecule has 1 aromatic heterocycles. The number of hydrogen-bond acceptors (Lipinski definition) is 4. The van der Waals surface area contributed by atoms with Crippen LogP contribution in [0.3, 0.4) is 0 Å². The van der Waals surface area contributed by atoms with Gasteiger partial charge in [-0.2, -0.15) is 13.8 Å². The maximum Gasteiger partial charge on any atom is 0.332 e. The minimum atomic E-state index is -3.02. The average molecular weight is 463 g/mol. The van der Waals surface area contributed by atoms with Crippen LogP contribution in [0.2, 0.25) is 0 Å². The Morgan fingerprint density at radius 2 is 1.88 bits per heavy atom. The van der Waals surface area contributed by atoms with Gasteiger partial charge in [-0.05, 0) is 19.1 Å². The molecule has 0 saturated heterocycles. The van der Waals surface area contributed by atoms with Gasteiger partial charge in [-0.1, -0.05) is 12.1 Å². The molecular weight excluding hydrogens is 447 g/mol. The Labute approximate surface area is 155 Å². The van der Waals surface area contributed by atoms with Gasteiger partial charge in [0.2, 0.25) is 0 Å². The van der Waals surface area contributed by atoms with Crippen molar-refractivity contribution >= 4 is 34.3 Å². The summed E-state index contributed by atoms with van der Waals surface area (Å²) in [5, 5.41) is 0. The van der Waals surface area contributed by atoms with E-state index in [9.17, 15) is 18.4 Å². The number of rotatable bonds is 3.